The van der Waals surface area contributed by atoms with Crippen molar-refractivity contribution in [3.8, 4) is 22.6 Å². The summed E-state index contributed by atoms with van der Waals surface area (Å²) in [7, 11) is 3.13. The second-order valence-electron chi connectivity index (χ2n) is 11.9. The van der Waals surface area contributed by atoms with Crippen molar-refractivity contribution in [1.82, 2.24) is 15.6 Å². The number of ether oxygens (including phenoxy) is 3. The molecule has 0 bridgehead atoms. The summed E-state index contributed by atoms with van der Waals surface area (Å²) in [6.45, 7) is 7.58. The van der Waals surface area contributed by atoms with Crippen molar-refractivity contribution in [3.63, 3.8) is 0 Å². The van der Waals surface area contributed by atoms with Crippen molar-refractivity contribution in [1.29, 1.82) is 0 Å². The summed E-state index contributed by atoms with van der Waals surface area (Å²) in [5, 5.41) is 6.58. The van der Waals surface area contributed by atoms with Gasteiger partial charge in [0.15, 0.2) is 0 Å². The van der Waals surface area contributed by atoms with E-state index in [1.807, 2.05) is 58.0 Å². The van der Waals surface area contributed by atoms with E-state index in [1.54, 1.807) is 26.4 Å². The molecule has 1 aliphatic rings. The van der Waals surface area contributed by atoms with Gasteiger partial charge in [-0.1, -0.05) is 24.3 Å². The van der Waals surface area contributed by atoms with E-state index in [4.69, 9.17) is 14.2 Å². The minimum atomic E-state index is -0.621. The number of fused-ring (bicyclic) bond motifs is 3. The Morgan fingerprint density at radius 3 is 2.53 bits per heavy atom. The van der Waals surface area contributed by atoms with Gasteiger partial charge in [-0.15, -0.1) is 0 Å². The summed E-state index contributed by atoms with van der Waals surface area (Å²) in [5.41, 5.74) is 4.86. The third-order valence-corrected chi connectivity index (χ3v) is 7.73. The lowest BCUT2D eigenvalue weighted by Crippen LogP contribution is -2.41. The molecular formula is C34H38FN3O5. The van der Waals surface area contributed by atoms with Crippen LogP contribution < -0.4 is 20.1 Å². The van der Waals surface area contributed by atoms with E-state index in [0.717, 1.165) is 27.9 Å². The van der Waals surface area contributed by atoms with Gasteiger partial charge in [-0.3, -0.25) is 4.79 Å². The number of nitrogens with one attached hydrogen (secondary N) is 3. The summed E-state index contributed by atoms with van der Waals surface area (Å²) in [4.78, 5) is 29.7. The summed E-state index contributed by atoms with van der Waals surface area (Å²) in [5.74, 6) is 0.307. The van der Waals surface area contributed by atoms with E-state index >= 15 is 4.39 Å². The number of aryl methyl sites for hydroxylation is 2. The number of amides is 2. The van der Waals surface area contributed by atoms with Crippen molar-refractivity contribution in [2.75, 3.05) is 14.2 Å². The van der Waals surface area contributed by atoms with Gasteiger partial charge in [0.05, 0.1) is 25.3 Å². The van der Waals surface area contributed by atoms with Crippen LogP contribution in [-0.4, -0.2) is 42.8 Å². The number of rotatable bonds is 7. The molecule has 1 aliphatic carbocycles. The fourth-order valence-corrected chi connectivity index (χ4v) is 5.73. The average Bonchev–Trinajstić information content (AvgIpc) is 3.33. The molecule has 1 unspecified atom stereocenters. The highest BCUT2D eigenvalue weighted by atomic mass is 19.1. The van der Waals surface area contributed by atoms with Gasteiger partial charge in [0.1, 0.15) is 22.9 Å². The topological polar surface area (TPSA) is 102 Å². The Kier molecular flexibility index (Phi) is 8.35. The molecule has 0 saturated carbocycles. The minimum Gasteiger partial charge on any atom is -0.497 e. The molecule has 1 heterocycles. The molecule has 8 nitrogen and oxygen atoms in total. The number of benzene rings is 3. The highest BCUT2D eigenvalue weighted by Crippen LogP contribution is 2.41. The summed E-state index contributed by atoms with van der Waals surface area (Å²) < 4.78 is 32.4. The maximum Gasteiger partial charge on any atom is 0.407 e. The molecule has 226 valence electrons. The van der Waals surface area contributed by atoms with Crippen molar-refractivity contribution in [2.45, 2.75) is 65.1 Å². The predicted molar refractivity (Wildman–Crippen MR) is 164 cm³/mol. The molecule has 1 atom stereocenters. The molecule has 0 radical (unpaired) electrons. The van der Waals surface area contributed by atoms with Gasteiger partial charge in [0.25, 0.3) is 5.91 Å². The van der Waals surface area contributed by atoms with Gasteiger partial charge >= 0.3 is 6.09 Å². The lowest BCUT2D eigenvalue weighted by Gasteiger charge is -2.26. The fraction of sp³-hybridized carbons (Fsp3) is 0.353. The normalized spacial score (nSPS) is 14.6. The maximum absolute atomic E-state index is 16.2. The number of hydrogen-bond donors (Lipinski definition) is 3. The first-order chi connectivity index (χ1) is 20.5. The van der Waals surface area contributed by atoms with Crippen LogP contribution in [-0.2, 0) is 24.1 Å². The van der Waals surface area contributed by atoms with Crippen LogP contribution in [0.25, 0.3) is 22.0 Å². The number of carbonyl (C=O) groups excluding carboxylic acids is 2. The number of alkyl carbamates (subject to hydrolysis) is 1. The molecule has 2 amide bonds. The van der Waals surface area contributed by atoms with Gasteiger partial charge in [0, 0.05) is 40.9 Å². The Morgan fingerprint density at radius 2 is 1.84 bits per heavy atom. The third kappa shape index (κ3) is 6.30. The van der Waals surface area contributed by atoms with Crippen LogP contribution >= 0.6 is 0 Å². The van der Waals surface area contributed by atoms with Crippen LogP contribution in [0.5, 0.6) is 11.5 Å². The first-order valence-electron chi connectivity index (χ1n) is 14.4. The van der Waals surface area contributed by atoms with Gasteiger partial charge in [0.2, 0.25) is 0 Å². The zero-order chi connectivity index (χ0) is 30.9. The Bertz CT molecular complexity index is 1690. The van der Waals surface area contributed by atoms with E-state index in [9.17, 15) is 9.59 Å². The second kappa shape index (κ2) is 12.0. The molecule has 0 fully saturated rings. The first-order valence-corrected chi connectivity index (χ1v) is 14.4. The van der Waals surface area contributed by atoms with Gasteiger partial charge < -0.3 is 29.8 Å². The zero-order valence-corrected chi connectivity index (χ0v) is 25.4. The van der Waals surface area contributed by atoms with Crippen molar-refractivity contribution < 1.29 is 28.2 Å². The molecule has 4 aromatic rings. The molecule has 43 heavy (non-hydrogen) atoms. The van der Waals surface area contributed by atoms with Gasteiger partial charge in [-0.2, -0.15) is 0 Å². The van der Waals surface area contributed by atoms with Crippen molar-refractivity contribution in [2.24, 2.45) is 0 Å². The van der Waals surface area contributed by atoms with E-state index in [0.29, 0.717) is 47.2 Å². The number of H-pyrrole nitrogens is 1. The van der Waals surface area contributed by atoms with Crippen molar-refractivity contribution >= 4 is 22.9 Å². The number of aromatic amines is 1. The van der Waals surface area contributed by atoms with E-state index in [-0.39, 0.29) is 18.2 Å². The first kappa shape index (κ1) is 29.9. The highest BCUT2D eigenvalue weighted by molar-refractivity contribution is 6.11. The molecule has 9 heteroatoms. The van der Waals surface area contributed by atoms with Crippen LogP contribution in [0.15, 0.2) is 48.5 Å². The summed E-state index contributed by atoms with van der Waals surface area (Å²) >= 11 is 0. The minimum absolute atomic E-state index is 0.178. The Hall–Kier alpha value is -4.53. The highest BCUT2D eigenvalue weighted by Gasteiger charge is 2.30. The summed E-state index contributed by atoms with van der Waals surface area (Å²) in [6, 6.07) is 14.1. The lowest BCUT2D eigenvalue weighted by molar-refractivity contribution is 0.0500. The van der Waals surface area contributed by atoms with Gasteiger partial charge in [-0.05, 0) is 81.8 Å². The van der Waals surface area contributed by atoms with Crippen LogP contribution in [0, 0.1) is 12.7 Å². The number of carbonyl (C=O) groups is 2. The summed E-state index contributed by atoms with van der Waals surface area (Å²) in [6.07, 6.45) is 1.30. The maximum atomic E-state index is 16.2. The van der Waals surface area contributed by atoms with E-state index in [1.165, 1.54) is 6.07 Å². The number of halogens is 1. The number of methoxy groups -OCH3 is 2. The number of aromatic nitrogens is 1. The predicted octanol–water partition coefficient (Wildman–Crippen LogP) is 6.61. The van der Waals surface area contributed by atoms with Crippen LogP contribution in [0.3, 0.4) is 0 Å². The number of hydrogen-bond acceptors (Lipinski definition) is 5. The Labute approximate surface area is 250 Å². The van der Waals surface area contributed by atoms with E-state index < -0.39 is 23.4 Å². The molecular weight excluding hydrogens is 549 g/mol. The largest absolute Gasteiger partial charge is 0.497 e. The van der Waals surface area contributed by atoms with Crippen LogP contribution in [0.2, 0.25) is 0 Å². The molecule has 0 aliphatic heterocycles. The standard InChI is InChI=1S/C34H38FN3O5/c1-19-9-7-8-10-23(19)29-26(35)17-25(32(39)36-18-20-11-13-22(41-5)16-28(20)42-6)31-30(29)24-15-21(12-14-27(24)38-31)37-33(40)43-34(2,3)4/h7-11,13,16-17,21,38H,12,14-15,18H2,1-6H3,(H,36,39)(H,37,40). The van der Waals surface area contributed by atoms with Gasteiger partial charge in [-0.25, -0.2) is 9.18 Å². The molecule has 5 rings (SSSR count). The molecule has 0 saturated heterocycles. The fourth-order valence-electron chi connectivity index (χ4n) is 5.73. The monoisotopic (exact) mass is 587 g/mol. The smallest absolute Gasteiger partial charge is 0.407 e. The molecule has 3 aromatic carbocycles. The second-order valence-corrected chi connectivity index (χ2v) is 11.9. The third-order valence-electron chi connectivity index (χ3n) is 7.73. The average molecular weight is 588 g/mol. The lowest BCUT2D eigenvalue weighted by atomic mass is 9.87. The SMILES string of the molecule is COc1ccc(CNC(=O)c2cc(F)c(-c3ccccc3C)c3c4c([nH]c23)CCC(NC(=O)OC(C)(C)C)C4)c(OC)c1. The van der Waals surface area contributed by atoms with Crippen LogP contribution in [0.1, 0.15) is 59.9 Å². The molecule has 1 aromatic heterocycles. The molecule has 3 N–H and O–H groups in total. The quantitative estimate of drug-likeness (QED) is 0.226. The van der Waals surface area contributed by atoms with E-state index in [2.05, 4.69) is 15.6 Å². The Morgan fingerprint density at radius 1 is 1.07 bits per heavy atom. The van der Waals surface area contributed by atoms with Crippen molar-refractivity contribution in [3.05, 3.63) is 82.3 Å². The molecule has 0 spiro atoms. The Balaban J connectivity index is 1.54. The zero-order valence-electron chi connectivity index (χ0n) is 25.4. The van der Waals surface area contributed by atoms with Crippen LogP contribution in [0.4, 0.5) is 9.18 Å².